The first-order chi connectivity index (χ1) is 7.66. The van der Waals surface area contributed by atoms with E-state index in [1.165, 1.54) is 17.7 Å². The Hall–Kier alpha value is 0.1000. The predicted molar refractivity (Wildman–Crippen MR) is 69.9 cm³/mol. The Morgan fingerprint density at radius 3 is 2.75 bits per heavy atom. The summed E-state index contributed by atoms with van der Waals surface area (Å²) in [5, 5.41) is 12.4. The van der Waals surface area contributed by atoms with Gasteiger partial charge in [0.1, 0.15) is 0 Å². The van der Waals surface area contributed by atoms with E-state index in [1.807, 2.05) is 0 Å². The fourth-order valence-electron chi connectivity index (χ4n) is 2.48. The number of hydrogen-bond acceptors (Lipinski definition) is 3. The molecule has 0 aromatic carbocycles. The summed E-state index contributed by atoms with van der Waals surface area (Å²) in [4.78, 5) is 1.21. The molecule has 1 saturated carbocycles. The van der Waals surface area contributed by atoms with E-state index in [1.54, 1.807) is 18.4 Å². The van der Waals surface area contributed by atoms with E-state index in [9.17, 15) is 5.11 Å². The van der Waals surface area contributed by atoms with Crippen LogP contribution in [-0.2, 0) is 11.2 Å². The first-order valence-corrected chi connectivity index (χ1v) is 7.30. The molecule has 16 heavy (non-hydrogen) atoms. The largest absolute Gasteiger partial charge is 0.390 e. The summed E-state index contributed by atoms with van der Waals surface area (Å²) in [5.74, 6) is 0. The average molecular weight is 305 g/mol. The summed E-state index contributed by atoms with van der Waals surface area (Å²) in [7, 11) is 1.72. The lowest BCUT2D eigenvalue weighted by Crippen LogP contribution is -2.42. The van der Waals surface area contributed by atoms with Crippen molar-refractivity contribution in [2.24, 2.45) is 0 Å². The van der Waals surface area contributed by atoms with Crippen LogP contribution in [0.15, 0.2) is 15.9 Å². The molecule has 2 rings (SSSR count). The quantitative estimate of drug-likeness (QED) is 0.924. The van der Waals surface area contributed by atoms with Gasteiger partial charge in [-0.05, 0) is 34.8 Å². The molecule has 1 fully saturated rings. The molecule has 1 N–H and O–H groups in total. The van der Waals surface area contributed by atoms with Crippen molar-refractivity contribution in [3.05, 3.63) is 20.8 Å². The van der Waals surface area contributed by atoms with Crippen molar-refractivity contribution < 1.29 is 9.84 Å². The second-order valence-electron chi connectivity index (χ2n) is 4.43. The van der Waals surface area contributed by atoms with Gasteiger partial charge in [-0.3, -0.25) is 0 Å². The zero-order chi connectivity index (χ0) is 11.6. The Morgan fingerprint density at radius 1 is 1.56 bits per heavy atom. The number of aliphatic hydroxyl groups excluding tert-OH is 1. The Kier molecular flexibility index (Phi) is 4.06. The van der Waals surface area contributed by atoms with Crippen LogP contribution in [0.2, 0.25) is 0 Å². The molecule has 1 heterocycles. The molecular formula is C12H17BrO2S. The monoisotopic (exact) mass is 304 g/mol. The van der Waals surface area contributed by atoms with Gasteiger partial charge in [0.2, 0.25) is 0 Å². The number of hydrogen-bond donors (Lipinski definition) is 1. The van der Waals surface area contributed by atoms with Crippen LogP contribution in [0.3, 0.4) is 0 Å². The van der Waals surface area contributed by atoms with E-state index in [0.29, 0.717) is 6.42 Å². The van der Waals surface area contributed by atoms with E-state index < -0.39 is 0 Å². The minimum absolute atomic E-state index is 0.295. The molecule has 1 aromatic heterocycles. The molecule has 90 valence electrons. The van der Waals surface area contributed by atoms with Crippen LogP contribution in [0.25, 0.3) is 0 Å². The summed E-state index contributed by atoms with van der Waals surface area (Å²) < 4.78 is 6.68. The number of thiophene rings is 1. The van der Waals surface area contributed by atoms with Crippen LogP contribution in [0.5, 0.6) is 0 Å². The van der Waals surface area contributed by atoms with Gasteiger partial charge >= 0.3 is 0 Å². The second kappa shape index (κ2) is 5.17. The van der Waals surface area contributed by atoms with Crippen LogP contribution < -0.4 is 0 Å². The molecule has 1 atom stereocenters. The number of ether oxygens (including phenoxy) is 1. The van der Waals surface area contributed by atoms with Crippen LogP contribution >= 0.6 is 27.3 Å². The van der Waals surface area contributed by atoms with Crippen LogP contribution in [-0.4, -0.2) is 23.9 Å². The van der Waals surface area contributed by atoms with Crippen molar-refractivity contribution in [1.82, 2.24) is 0 Å². The molecule has 4 heteroatoms. The average Bonchev–Trinajstić information content (AvgIpc) is 2.88. The van der Waals surface area contributed by atoms with Crippen molar-refractivity contribution in [1.29, 1.82) is 0 Å². The lowest BCUT2D eigenvalue weighted by molar-refractivity contribution is -0.0968. The third kappa shape index (κ3) is 2.50. The van der Waals surface area contributed by atoms with E-state index in [4.69, 9.17) is 4.74 Å². The van der Waals surface area contributed by atoms with Crippen molar-refractivity contribution in [3.8, 4) is 0 Å². The molecule has 0 amide bonds. The Bertz CT molecular complexity index is 345. The zero-order valence-corrected chi connectivity index (χ0v) is 11.8. The minimum atomic E-state index is -0.384. The second-order valence-corrected chi connectivity index (χ2v) is 6.34. The lowest BCUT2D eigenvalue weighted by atomic mass is 9.92. The number of halogens is 1. The van der Waals surface area contributed by atoms with Gasteiger partial charge in [-0.25, -0.2) is 0 Å². The fourth-order valence-corrected chi connectivity index (χ4v) is 3.97. The third-order valence-corrected chi connectivity index (χ3v) is 5.20. The summed E-state index contributed by atoms with van der Waals surface area (Å²) in [6.45, 7) is 0. The van der Waals surface area contributed by atoms with Crippen LogP contribution in [0, 0.1) is 0 Å². The van der Waals surface area contributed by atoms with E-state index in [2.05, 4.69) is 27.4 Å². The molecule has 1 aliphatic carbocycles. The van der Waals surface area contributed by atoms with Crippen molar-refractivity contribution in [2.45, 2.75) is 43.8 Å². The summed E-state index contributed by atoms with van der Waals surface area (Å²) in [6.07, 6.45) is 4.61. The Labute approximate surface area is 109 Å². The predicted octanol–water partition coefficient (Wildman–Crippen LogP) is 3.37. The maximum atomic E-state index is 10.3. The van der Waals surface area contributed by atoms with Gasteiger partial charge in [0.05, 0.1) is 11.7 Å². The van der Waals surface area contributed by atoms with Gasteiger partial charge in [-0.1, -0.05) is 12.8 Å². The van der Waals surface area contributed by atoms with Gasteiger partial charge in [0.15, 0.2) is 0 Å². The maximum absolute atomic E-state index is 10.3. The molecule has 0 spiro atoms. The van der Waals surface area contributed by atoms with Crippen molar-refractivity contribution in [3.63, 3.8) is 0 Å². The summed E-state index contributed by atoms with van der Waals surface area (Å²) in [5.41, 5.74) is -0.295. The highest BCUT2D eigenvalue weighted by Gasteiger charge is 2.40. The summed E-state index contributed by atoms with van der Waals surface area (Å²) >= 11 is 5.12. The highest BCUT2D eigenvalue weighted by molar-refractivity contribution is 9.10. The molecule has 0 radical (unpaired) electrons. The normalized spacial score (nSPS) is 21.2. The number of aliphatic hydroxyl groups is 1. The molecule has 2 nitrogen and oxygen atoms in total. The van der Waals surface area contributed by atoms with Gasteiger partial charge in [0, 0.05) is 28.3 Å². The molecule has 0 saturated heterocycles. The SMILES string of the molecule is COC1(C(O)Cc2cc(Br)cs2)CCCC1. The van der Waals surface area contributed by atoms with Crippen LogP contribution in [0.1, 0.15) is 30.6 Å². The van der Waals surface area contributed by atoms with E-state index in [-0.39, 0.29) is 11.7 Å². The summed E-state index contributed by atoms with van der Waals surface area (Å²) in [6, 6.07) is 2.08. The highest BCUT2D eigenvalue weighted by atomic mass is 79.9. The van der Waals surface area contributed by atoms with Gasteiger partial charge in [-0.2, -0.15) is 0 Å². The lowest BCUT2D eigenvalue weighted by Gasteiger charge is -2.32. The maximum Gasteiger partial charge on any atom is 0.0939 e. The topological polar surface area (TPSA) is 29.5 Å². The molecule has 1 aliphatic rings. The fraction of sp³-hybridized carbons (Fsp3) is 0.667. The number of methoxy groups -OCH3 is 1. The molecule has 1 aromatic rings. The van der Waals surface area contributed by atoms with Crippen LogP contribution in [0.4, 0.5) is 0 Å². The van der Waals surface area contributed by atoms with Gasteiger partial charge in [0.25, 0.3) is 0 Å². The van der Waals surface area contributed by atoms with Gasteiger partial charge in [-0.15, -0.1) is 11.3 Å². The Balaban J connectivity index is 2.03. The van der Waals surface area contributed by atoms with Gasteiger partial charge < -0.3 is 9.84 Å². The van der Waals surface area contributed by atoms with Crippen molar-refractivity contribution >= 4 is 27.3 Å². The van der Waals surface area contributed by atoms with Crippen molar-refractivity contribution in [2.75, 3.05) is 7.11 Å². The molecular weight excluding hydrogens is 288 g/mol. The van der Waals surface area contributed by atoms with E-state index >= 15 is 0 Å². The minimum Gasteiger partial charge on any atom is -0.390 e. The molecule has 0 aliphatic heterocycles. The third-order valence-electron chi connectivity index (χ3n) is 3.48. The zero-order valence-electron chi connectivity index (χ0n) is 9.41. The first-order valence-electron chi connectivity index (χ1n) is 5.62. The molecule has 0 bridgehead atoms. The standard InChI is InChI=1S/C12H17BrO2S/c1-15-12(4-2-3-5-12)11(14)7-10-6-9(13)8-16-10/h6,8,11,14H,2-5,7H2,1H3. The number of rotatable bonds is 4. The first kappa shape index (κ1) is 12.6. The molecule has 1 unspecified atom stereocenters. The van der Waals surface area contributed by atoms with E-state index in [0.717, 1.165) is 17.3 Å². The smallest absolute Gasteiger partial charge is 0.0939 e. The Morgan fingerprint density at radius 2 is 2.25 bits per heavy atom. The highest BCUT2D eigenvalue weighted by Crippen LogP contribution is 2.37.